The van der Waals surface area contributed by atoms with Crippen molar-refractivity contribution in [2.24, 2.45) is 0 Å². The first kappa shape index (κ1) is 7.33. The van der Waals surface area contributed by atoms with Gasteiger partial charge in [0.25, 0.3) is 0 Å². The van der Waals surface area contributed by atoms with E-state index in [9.17, 15) is 0 Å². The molecule has 0 aliphatic rings. The molecule has 0 aliphatic heterocycles. The van der Waals surface area contributed by atoms with Crippen LogP contribution in [0, 0.1) is 13.0 Å². The molecule has 52 valence electrons. The van der Waals surface area contributed by atoms with E-state index in [-0.39, 0.29) is 0 Å². The lowest BCUT2D eigenvalue weighted by Crippen LogP contribution is -1.89. The van der Waals surface area contributed by atoms with Crippen molar-refractivity contribution in [3.63, 3.8) is 0 Å². The number of benzene rings is 1. The number of hydrogen-bond donors (Lipinski definition) is 0. The fourth-order valence-corrected chi connectivity index (χ4v) is 0.881. The first-order chi connectivity index (χ1) is 4.84. The van der Waals surface area contributed by atoms with Gasteiger partial charge >= 0.3 is 0 Å². The predicted molar refractivity (Wildman–Crippen MR) is 43.7 cm³/mol. The Labute approximate surface area is 62.9 Å². The predicted octanol–water partition coefficient (Wildman–Crippen LogP) is 2.81. The van der Waals surface area contributed by atoms with Crippen molar-refractivity contribution in [3.05, 3.63) is 42.8 Å². The van der Waals surface area contributed by atoms with Crippen molar-refractivity contribution in [2.45, 2.75) is 19.3 Å². The summed E-state index contributed by atoms with van der Waals surface area (Å²) in [6.07, 6.45) is 1.08. The molecule has 0 aromatic heterocycles. The van der Waals surface area contributed by atoms with Gasteiger partial charge in [0.2, 0.25) is 0 Å². The summed E-state index contributed by atoms with van der Waals surface area (Å²) in [5.41, 5.74) is 1.21. The van der Waals surface area contributed by atoms with Crippen LogP contribution in [0.3, 0.4) is 0 Å². The van der Waals surface area contributed by atoms with Crippen LogP contribution in [0.25, 0.3) is 0 Å². The highest BCUT2D eigenvalue weighted by Crippen LogP contribution is 2.15. The van der Waals surface area contributed by atoms with E-state index in [0.717, 1.165) is 6.42 Å². The Morgan fingerprint density at radius 2 is 2.40 bits per heavy atom. The van der Waals surface area contributed by atoms with Gasteiger partial charge in [-0.3, -0.25) is 0 Å². The van der Waals surface area contributed by atoms with Crippen molar-refractivity contribution in [3.8, 4) is 0 Å². The summed E-state index contributed by atoms with van der Waals surface area (Å²) < 4.78 is 0. The van der Waals surface area contributed by atoms with E-state index >= 15 is 0 Å². The molecule has 0 heterocycles. The van der Waals surface area contributed by atoms with Crippen molar-refractivity contribution < 1.29 is 0 Å². The van der Waals surface area contributed by atoms with Gasteiger partial charge in [0.05, 0.1) is 0 Å². The molecule has 0 nitrogen and oxygen atoms in total. The molecule has 0 saturated carbocycles. The van der Waals surface area contributed by atoms with E-state index in [1.807, 2.05) is 18.2 Å². The van der Waals surface area contributed by atoms with E-state index in [2.05, 4.69) is 26.0 Å². The molecular formula is C10H12. The molecule has 10 heavy (non-hydrogen) atoms. The monoisotopic (exact) mass is 132 g/mol. The molecule has 0 saturated heterocycles. The Hall–Kier alpha value is -0.780. The highest BCUT2D eigenvalue weighted by atomic mass is 14.0. The Morgan fingerprint density at radius 3 is 2.90 bits per heavy atom. The van der Waals surface area contributed by atoms with Crippen LogP contribution in [-0.4, -0.2) is 0 Å². The molecule has 1 aromatic rings. The minimum absolute atomic E-state index is 0.404. The number of rotatable bonds is 2. The van der Waals surface area contributed by atoms with Crippen molar-refractivity contribution >= 4 is 0 Å². The fraction of sp³-hybridized carbons (Fsp3) is 0.300. The second-order valence-corrected chi connectivity index (χ2v) is 2.42. The summed E-state index contributed by atoms with van der Waals surface area (Å²) in [6.45, 7) is 6.13. The molecule has 0 spiro atoms. The van der Waals surface area contributed by atoms with Gasteiger partial charge in [0.1, 0.15) is 0 Å². The van der Waals surface area contributed by atoms with Gasteiger partial charge in [0, 0.05) is 0 Å². The van der Waals surface area contributed by atoms with Gasteiger partial charge in [-0.1, -0.05) is 31.2 Å². The second-order valence-electron chi connectivity index (χ2n) is 2.42. The minimum atomic E-state index is 0.404. The van der Waals surface area contributed by atoms with E-state index in [1.165, 1.54) is 5.56 Å². The van der Waals surface area contributed by atoms with Crippen LogP contribution in [-0.2, 0) is 0 Å². The summed E-state index contributed by atoms with van der Waals surface area (Å²) in [4.78, 5) is 0. The van der Waals surface area contributed by atoms with Crippen molar-refractivity contribution in [2.75, 3.05) is 0 Å². The summed E-state index contributed by atoms with van der Waals surface area (Å²) >= 11 is 0. The molecule has 0 bridgehead atoms. The molecule has 0 aliphatic carbocycles. The van der Waals surface area contributed by atoms with Crippen LogP contribution in [0.15, 0.2) is 24.3 Å². The summed E-state index contributed by atoms with van der Waals surface area (Å²) in [5.74, 6) is 0.404. The highest BCUT2D eigenvalue weighted by Gasteiger charge is 1.99. The van der Waals surface area contributed by atoms with Gasteiger partial charge in [-0.2, -0.15) is 0 Å². The van der Waals surface area contributed by atoms with Gasteiger partial charge in [0.15, 0.2) is 0 Å². The maximum atomic E-state index is 4.00. The van der Waals surface area contributed by atoms with Gasteiger partial charge < -0.3 is 0 Å². The Bertz CT molecular complexity index is 176. The average molecular weight is 132 g/mol. The lowest BCUT2D eigenvalue weighted by Gasteiger charge is -2.05. The first-order valence-corrected chi connectivity index (χ1v) is 3.64. The van der Waals surface area contributed by atoms with Crippen LogP contribution in [0.4, 0.5) is 0 Å². The Morgan fingerprint density at radius 1 is 1.60 bits per heavy atom. The highest BCUT2D eigenvalue weighted by molar-refractivity contribution is 5.18. The maximum Gasteiger partial charge on any atom is -0.0146 e. The van der Waals surface area contributed by atoms with Crippen LogP contribution in [0.1, 0.15) is 24.8 Å². The first-order valence-electron chi connectivity index (χ1n) is 3.64. The minimum Gasteiger partial charge on any atom is -0.0648 e. The molecule has 0 amide bonds. The van der Waals surface area contributed by atoms with Gasteiger partial charge in [-0.25, -0.2) is 0 Å². The van der Waals surface area contributed by atoms with E-state index < -0.39 is 0 Å². The summed E-state index contributed by atoms with van der Waals surface area (Å²) in [6, 6.07) is 11.2. The smallest absolute Gasteiger partial charge is 0.0146 e. The third kappa shape index (κ3) is 1.60. The second kappa shape index (κ2) is 3.40. The molecule has 2 radical (unpaired) electrons. The summed E-state index contributed by atoms with van der Waals surface area (Å²) in [5, 5.41) is 0. The zero-order chi connectivity index (χ0) is 7.40. The molecule has 0 fully saturated rings. The lowest BCUT2D eigenvalue weighted by molar-refractivity contribution is 0.800. The topological polar surface area (TPSA) is 0 Å². The largest absolute Gasteiger partial charge is 0.0648 e. The molecule has 0 N–H and O–H groups in total. The van der Waals surface area contributed by atoms with E-state index in [4.69, 9.17) is 0 Å². The van der Waals surface area contributed by atoms with Crippen LogP contribution in [0.5, 0.6) is 0 Å². The maximum absolute atomic E-state index is 4.00. The molecule has 1 aromatic carbocycles. The summed E-state index contributed by atoms with van der Waals surface area (Å²) in [7, 11) is 0. The lowest BCUT2D eigenvalue weighted by atomic mass is 9.99. The van der Waals surface area contributed by atoms with Crippen LogP contribution >= 0.6 is 0 Å². The van der Waals surface area contributed by atoms with Crippen LogP contribution < -0.4 is 0 Å². The third-order valence-electron chi connectivity index (χ3n) is 1.67. The van der Waals surface area contributed by atoms with E-state index in [0.29, 0.717) is 5.92 Å². The number of hydrogen-bond acceptors (Lipinski definition) is 0. The van der Waals surface area contributed by atoms with Crippen LogP contribution in [0.2, 0.25) is 0 Å². The zero-order valence-corrected chi connectivity index (χ0v) is 6.30. The molecule has 1 unspecified atom stereocenters. The SMILES string of the molecule is [CH2]C(CC)c1[c]cccc1. The van der Waals surface area contributed by atoms with E-state index in [1.54, 1.807) is 0 Å². The average Bonchev–Trinajstić information content (AvgIpc) is 2.05. The Kier molecular flexibility index (Phi) is 2.49. The van der Waals surface area contributed by atoms with Gasteiger partial charge in [-0.15, -0.1) is 0 Å². The molecule has 1 atom stereocenters. The Balaban J connectivity index is 2.75. The van der Waals surface area contributed by atoms with Gasteiger partial charge in [-0.05, 0) is 30.9 Å². The quantitative estimate of drug-likeness (QED) is 0.580. The molecule has 0 heteroatoms. The molecule has 1 rings (SSSR count). The normalized spacial score (nSPS) is 13.0. The van der Waals surface area contributed by atoms with Crippen molar-refractivity contribution in [1.82, 2.24) is 0 Å². The third-order valence-corrected chi connectivity index (χ3v) is 1.67. The van der Waals surface area contributed by atoms with Crippen molar-refractivity contribution in [1.29, 1.82) is 0 Å². The molecular weight excluding hydrogens is 120 g/mol. The zero-order valence-electron chi connectivity index (χ0n) is 6.30. The fourth-order valence-electron chi connectivity index (χ4n) is 0.881. The standard InChI is InChI=1S/C10H12/c1-3-9(2)10-7-5-4-6-8-10/h4-7,9H,2-3H2,1H3.